The number of hydrogen-bond acceptors (Lipinski definition) is 2. The van der Waals surface area contributed by atoms with Crippen LogP contribution in [0.25, 0.3) is 0 Å². The monoisotopic (exact) mass is 282 g/mol. The van der Waals surface area contributed by atoms with E-state index in [0.717, 1.165) is 11.3 Å². The summed E-state index contributed by atoms with van der Waals surface area (Å²) >= 11 is 0. The molecule has 4 heteroatoms. The number of carbonyl (C=O) groups excluding carboxylic acids is 2. The average molecular weight is 282 g/mol. The van der Waals surface area contributed by atoms with Gasteiger partial charge in [0, 0.05) is 44.2 Å². The molecule has 1 saturated heterocycles. The molecule has 0 bridgehead atoms. The average Bonchev–Trinajstić information content (AvgIpc) is 3.05. The van der Waals surface area contributed by atoms with Crippen molar-refractivity contribution in [3.8, 4) is 0 Å². The van der Waals surface area contributed by atoms with Crippen molar-refractivity contribution >= 4 is 11.8 Å². The fourth-order valence-corrected chi connectivity index (χ4v) is 2.90. The molecule has 1 fully saturated rings. The lowest BCUT2D eigenvalue weighted by Crippen LogP contribution is -2.34. The molecule has 0 radical (unpaired) electrons. The minimum Gasteiger partial charge on any atom is -0.354 e. The smallest absolute Gasteiger partial charge is 0.229 e. The summed E-state index contributed by atoms with van der Waals surface area (Å²) in [6.07, 6.45) is 2.67. The maximum Gasteiger partial charge on any atom is 0.229 e. The van der Waals surface area contributed by atoms with Crippen LogP contribution in [0, 0.1) is 0 Å². The second kappa shape index (κ2) is 5.56. The molecule has 0 spiro atoms. The number of hydrogen-bond donors (Lipinski definition) is 0. The molecule has 0 saturated carbocycles. The molecule has 3 rings (SSSR count). The van der Waals surface area contributed by atoms with Crippen molar-refractivity contribution in [2.45, 2.75) is 18.8 Å². The molecule has 108 valence electrons. The summed E-state index contributed by atoms with van der Waals surface area (Å²) in [6, 6.07) is 14.1. The highest BCUT2D eigenvalue weighted by Gasteiger charge is 2.32. The van der Waals surface area contributed by atoms with Gasteiger partial charge in [-0.1, -0.05) is 30.3 Å². The molecule has 2 heterocycles. The molecule has 4 nitrogen and oxygen atoms in total. The fourth-order valence-electron chi connectivity index (χ4n) is 2.90. The standard InChI is InChI=1S/C17H18N2O2/c1-18-11-5-8-15(18)14(13-6-3-2-4-7-13)12-19-16(20)9-10-17(19)21/h2-8,11,14H,9-10,12H2,1H3. The lowest BCUT2D eigenvalue weighted by molar-refractivity contribution is -0.138. The molecule has 1 atom stereocenters. The van der Waals surface area contributed by atoms with Gasteiger partial charge in [-0.25, -0.2) is 0 Å². The minimum atomic E-state index is -0.0601. The van der Waals surface area contributed by atoms with Crippen LogP contribution in [0.1, 0.15) is 30.0 Å². The van der Waals surface area contributed by atoms with E-state index in [9.17, 15) is 9.59 Å². The molecule has 0 aliphatic carbocycles. The summed E-state index contributed by atoms with van der Waals surface area (Å²) in [5.74, 6) is -0.109. The number of carbonyl (C=O) groups is 2. The predicted octanol–water partition coefficient (Wildman–Crippen LogP) is 2.31. The molecule has 1 unspecified atom stereocenters. The zero-order valence-electron chi connectivity index (χ0n) is 12.0. The van der Waals surface area contributed by atoms with Crippen LogP contribution in [-0.2, 0) is 16.6 Å². The quantitative estimate of drug-likeness (QED) is 0.808. The molecule has 2 amide bonds. The predicted molar refractivity (Wildman–Crippen MR) is 79.7 cm³/mol. The first-order valence-electron chi connectivity index (χ1n) is 7.16. The summed E-state index contributed by atoms with van der Waals surface area (Å²) in [4.78, 5) is 25.2. The third kappa shape index (κ3) is 2.61. The number of nitrogens with zero attached hydrogens (tertiary/aromatic N) is 2. The Kier molecular flexibility index (Phi) is 3.60. The Hall–Kier alpha value is -2.36. The normalized spacial score (nSPS) is 16.5. The summed E-state index contributed by atoms with van der Waals surface area (Å²) in [5.41, 5.74) is 2.22. The van der Waals surface area contributed by atoms with Crippen molar-refractivity contribution in [2.24, 2.45) is 7.05 Å². The van der Waals surface area contributed by atoms with Crippen LogP contribution < -0.4 is 0 Å². The fraction of sp³-hybridized carbons (Fsp3) is 0.294. The number of amides is 2. The first kappa shape index (κ1) is 13.6. The summed E-state index contributed by atoms with van der Waals surface area (Å²) in [6.45, 7) is 0.416. The lowest BCUT2D eigenvalue weighted by atomic mass is 9.95. The van der Waals surface area contributed by atoms with E-state index in [1.54, 1.807) is 0 Å². The van der Waals surface area contributed by atoms with E-state index in [2.05, 4.69) is 0 Å². The van der Waals surface area contributed by atoms with Crippen LogP contribution >= 0.6 is 0 Å². The number of likely N-dealkylation sites (tertiary alicyclic amines) is 1. The van der Waals surface area contributed by atoms with Crippen LogP contribution in [0.2, 0.25) is 0 Å². The molecule has 1 aromatic carbocycles. The second-order valence-corrected chi connectivity index (χ2v) is 5.41. The Balaban J connectivity index is 1.95. The van der Waals surface area contributed by atoms with Crippen LogP contribution in [-0.4, -0.2) is 27.8 Å². The Morgan fingerprint density at radius 1 is 1.00 bits per heavy atom. The third-order valence-corrected chi connectivity index (χ3v) is 4.06. The van der Waals surface area contributed by atoms with Gasteiger partial charge in [0.1, 0.15) is 0 Å². The molecule has 1 aliphatic rings. The van der Waals surface area contributed by atoms with Crippen molar-refractivity contribution in [3.05, 3.63) is 59.9 Å². The van der Waals surface area contributed by atoms with E-state index in [1.165, 1.54) is 4.90 Å². The van der Waals surface area contributed by atoms with E-state index in [-0.39, 0.29) is 17.7 Å². The molecule has 1 aliphatic heterocycles. The van der Waals surface area contributed by atoms with Crippen molar-refractivity contribution in [3.63, 3.8) is 0 Å². The van der Waals surface area contributed by atoms with Gasteiger partial charge in [0.25, 0.3) is 0 Å². The highest BCUT2D eigenvalue weighted by Crippen LogP contribution is 2.27. The SMILES string of the molecule is Cn1cccc1C(CN1C(=O)CCC1=O)c1ccccc1. The summed E-state index contributed by atoms with van der Waals surface area (Å²) in [7, 11) is 1.99. The Bertz CT molecular complexity index is 644. The molecule has 1 aromatic heterocycles. The number of benzene rings is 1. The van der Waals surface area contributed by atoms with Gasteiger partial charge in [-0.05, 0) is 17.7 Å². The molecule has 21 heavy (non-hydrogen) atoms. The third-order valence-electron chi connectivity index (χ3n) is 4.06. The first-order valence-corrected chi connectivity index (χ1v) is 7.16. The van der Waals surface area contributed by atoms with Gasteiger partial charge in [0.15, 0.2) is 0 Å². The van der Waals surface area contributed by atoms with E-state index < -0.39 is 0 Å². The van der Waals surface area contributed by atoms with Gasteiger partial charge < -0.3 is 4.57 Å². The highest BCUT2D eigenvalue weighted by atomic mass is 16.2. The van der Waals surface area contributed by atoms with Crippen molar-refractivity contribution in [1.82, 2.24) is 9.47 Å². The van der Waals surface area contributed by atoms with Crippen molar-refractivity contribution < 1.29 is 9.59 Å². The summed E-state index contributed by atoms with van der Waals surface area (Å²) < 4.78 is 2.04. The topological polar surface area (TPSA) is 42.3 Å². The van der Waals surface area contributed by atoms with E-state index >= 15 is 0 Å². The van der Waals surface area contributed by atoms with E-state index in [0.29, 0.717) is 19.4 Å². The maximum absolute atomic E-state index is 11.9. The zero-order valence-corrected chi connectivity index (χ0v) is 12.0. The first-order chi connectivity index (χ1) is 10.2. The Morgan fingerprint density at radius 2 is 1.67 bits per heavy atom. The van der Waals surface area contributed by atoms with Crippen LogP contribution in [0.15, 0.2) is 48.7 Å². The number of aryl methyl sites for hydroxylation is 1. The number of rotatable bonds is 4. The van der Waals surface area contributed by atoms with E-state index in [1.807, 2.05) is 60.3 Å². The Labute approximate surface area is 124 Å². The van der Waals surface area contributed by atoms with Crippen LogP contribution in [0.3, 0.4) is 0 Å². The molecular formula is C17H18N2O2. The number of aromatic nitrogens is 1. The zero-order chi connectivity index (χ0) is 14.8. The minimum absolute atomic E-state index is 0.0113. The van der Waals surface area contributed by atoms with Crippen molar-refractivity contribution in [1.29, 1.82) is 0 Å². The molecular weight excluding hydrogens is 264 g/mol. The van der Waals surface area contributed by atoms with Gasteiger partial charge in [-0.2, -0.15) is 0 Å². The van der Waals surface area contributed by atoms with Gasteiger partial charge in [0.05, 0.1) is 0 Å². The van der Waals surface area contributed by atoms with Gasteiger partial charge in [-0.3, -0.25) is 14.5 Å². The summed E-state index contributed by atoms with van der Waals surface area (Å²) in [5, 5.41) is 0. The highest BCUT2D eigenvalue weighted by molar-refractivity contribution is 6.02. The van der Waals surface area contributed by atoms with Gasteiger partial charge >= 0.3 is 0 Å². The molecule has 0 N–H and O–H groups in total. The second-order valence-electron chi connectivity index (χ2n) is 5.41. The molecule has 2 aromatic rings. The number of imide groups is 1. The maximum atomic E-state index is 11.9. The largest absolute Gasteiger partial charge is 0.354 e. The lowest BCUT2D eigenvalue weighted by Gasteiger charge is -2.24. The van der Waals surface area contributed by atoms with Gasteiger partial charge in [0.2, 0.25) is 11.8 Å². The van der Waals surface area contributed by atoms with Crippen LogP contribution in [0.5, 0.6) is 0 Å². The van der Waals surface area contributed by atoms with Crippen molar-refractivity contribution in [2.75, 3.05) is 6.54 Å². The Morgan fingerprint density at radius 3 is 2.24 bits per heavy atom. The van der Waals surface area contributed by atoms with Gasteiger partial charge in [-0.15, -0.1) is 0 Å². The van der Waals surface area contributed by atoms with E-state index in [4.69, 9.17) is 0 Å². The van der Waals surface area contributed by atoms with Crippen LogP contribution in [0.4, 0.5) is 0 Å².